The molecule has 17 heavy (non-hydrogen) atoms. The van der Waals surface area contributed by atoms with Gasteiger partial charge in [0.25, 0.3) is 0 Å². The van der Waals surface area contributed by atoms with E-state index in [2.05, 4.69) is 16.6 Å². The average molecular weight is 274 g/mol. The first-order valence-electron chi connectivity index (χ1n) is 5.38. The van der Waals surface area contributed by atoms with E-state index in [-0.39, 0.29) is 5.97 Å². The lowest BCUT2D eigenvalue weighted by molar-refractivity contribution is -0.142. The van der Waals surface area contributed by atoms with Crippen molar-refractivity contribution in [2.24, 2.45) is 5.73 Å². The number of methoxy groups -OCH3 is 1. The fourth-order valence-corrected chi connectivity index (χ4v) is 3.26. The smallest absolute Gasteiger partial charge is 0.322 e. The maximum atomic E-state index is 11.1. The Hall–Kier alpha value is -0.590. The van der Waals surface area contributed by atoms with E-state index >= 15 is 0 Å². The monoisotopic (exact) mass is 274 g/mol. The molecule has 0 amide bonds. The average Bonchev–Trinajstić information content (AvgIpc) is 2.63. The first-order valence-corrected chi connectivity index (χ1v) is 7.35. The van der Waals surface area contributed by atoms with E-state index in [0.717, 1.165) is 22.2 Å². The Morgan fingerprint density at radius 2 is 2.29 bits per heavy atom. The lowest BCUT2D eigenvalue weighted by Crippen LogP contribution is -2.31. The van der Waals surface area contributed by atoms with Gasteiger partial charge in [0.2, 0.25) is 0 Å². The second kappa shape index (κ2) is 6.98. The van der Waals surface area contributed by atoms with Gasteiger partial charge in [0.1, 0.15) is 11.0 Å². The van der Waals surface area contributed by atoms with Gasteiger partial charge in [0.05, 0.1) is 12.8 Å². The number of thiazole rings is 1. The maximum absolute atomic E-state index is 11.1. The number of hydrogen-bond acceptors (Lipinski definition) is 6. The summed E-state index contributed by atoms with van der Waals surface area (Å²) < 4.78 is 4.56. The van der Waals surface area contributed by atoms with E-state index in [1.165, 1.54) is 12.0 Å². The molecule has 0 aliphatic carbocycles. The van der Waals surface area contributed by atoms with Gasteiger partial charge in [-0.05, 0) is 26.0 Å². The summed E-state index contributed by atoms with van der Waals surface area (Å²) in [5, 5.41) is 1.14. The Morgan fingerprint density at radius 3 is 2.82 bits per heavy atom. The third kappa shape index (κ3) is 4.65. The third-order valence-corrected chi connectivity index (χ3v) is 4.63. The van der Waals surface area contributed by atoms with Crippen molar-refractivity contribution in [3.05, 3.63) is 15.6 Å². The highest BCUT2D eigenvalue weighted by atomic mass is 32.2. The van der Waals surface area contributed by atoms with E-state index in [4.69, 9.17) is 5.73 Å². The molecule has 4 nitrogen and oxygen atoms in total. The predicted octanol–water partition coefficient (Wildman–Crippen LogP) is 1.88. The van der Waals surface area contributed by atoms with Crippen LogP contribution in [0.5, 0.6) is 0 Å². The number of ether oxygens (including phenoxy) is 1. The first kappa shape index (κ1) is 14.5. The number of thioether (sulfide) groups is 1. The molecule has 0 bridgehead atoms. The second-order valence-corrected chi connectivity index (χ2v) is 6.11. The standard InChI is InChI=1S/C11H18N2O2S2/c1-7-8(2)17-10(13-7)6-16-5-4-9(12)11(14)15-3/h9H,4-6,12H2,1-3H3. The molecule has 0 aliphatic rings. The van der Waals surface area contributed by atoms with Crippen LogP contribution < -0.4 is 5.73 Å². The lowest BCUT2D eigenvalue weighted by Gasteiger charge is -2.07. The second-order valence-electron chi connectivity index (χ2n) is 3.72. The molecule has 6 heteroatoms. The van der Waals surface area contributed by atoms with Gasteiger partial charge in [-0.1, -0.05) is 0 Å². The zero-order chi connectivity index (χ0) is 12.8. The molecule has 0 spiro atoms. The van der Waals surface area contributed by atoms with Crippen LogP contribution in [-0.4, -0.2) is 29.9 Å². The zero-order valence-electron chi connectivity index (χ0n) is 10.4. The van der Waals surface area contributed by atoms with Crippen LogP contribution in [0.4, 0.5) is 0 Å². The van der Waals surface area contributed by atoms with Gasteiger partial charge in [-0.2, -0.15) is 11.8 Å². The van der Waals surface area contributed by atoms with Crippen molar-refractivity contribution in [3.63, 3.8) is 0 Å². The van der Waals surface area contributed by atoms with Crippen LogP contribution >= 0.6 is 23.1 Å². The van der Waals surface area contributed by atoms with Crippen LogP contribution in [0.25, 0.3) is 0 Å². The largest absolute Gasteiger partial charge is 0.468 e. The topological polar surface area (TPSA) is 65.2 Å². The highest BCUT2D eigenvalue weighted by molar-refractivity contribution is 7.98. The van der Waals surface area contributed by atoms with E-state index in [9.17, 15) is 4.79 Å². The summed E-state index contributed by atoms with van der Waals surface area (Å²) >= 11 is 3.47. The number of carbonyl (C=O) groups excluding carboxylic acids is 1. The number of nitrogens with zero attached hydrogens (tertiary/aromatic N) is 1. The number of aryl methyl sites for hydroxylation is 2. The van der Waals surface area contributed by atoms with Gasteiger partial charge in [-0.15, -0.1) is 11.3 Å². The summed E-state index contributed by atoms with van der Waals surface area (Å²) in [4.78, 5) is 16.8. The number of nitrogens with two attached hydrogens (primary N) is 1. The minimum atomic E-state index is -0.507. The number of rotatable bonds is 6. The molecular weight excluding hydrogens is 256 g/mol. The number of carbonyl (C=O) groups is 1. The number of aromatic nitrogens is 1. The lowest BCUT2D eigenvalue weighted by atomic mass is 10.2. The molecule has 0 fully saturated rings. The SMILES string of the molecule is COC(=O)C(N)CCSCc1nc(C)c(C)s1. The Bertz CT molecular complexity index is 360. The molecule has 0 aliphatic heterocycles. The highest BCUT2D eigenvalue weighted by Crippen LogP contribution is 2.21. The third-order valence-electron chi connectivity index (χ3n) is 2.38. The molecule has 1 aromatic heterocycles. The quantitative estimate of drug-likeness (QED) is 0.634. The molecule has 0 saturated heterocycles. The maximum Gasteiger partial charge on any atom is 0.322 e. The van der Waals surface area contributed by atoms with Crippen molar-refractivity contribution < 1.29 is 9.53 Å². The molecule has 0 aromatic carbocycles. The van der Waals surface area contributed by atoms with E-state index in [1.54, 1.807) is 23.1 Å². The van der Waals surface area contributed by atoms with Gasteiger partial charge < -0.3 is 10.5 Å². The summed E-state index contributed by atoms with van der Waals surface area (Å²) in [7, 11) is 1.36. The molecule has 1 aromatic rings. The van der Waals surface area contributed by atoms with Crippen LogP contribution in [0.15, 0.2) is 0 Å². The van der Waals surface area contributed by atoms with Crippen molar-refractivity contribution in [1.82, 2.24) is 4.98 Å². The highest BCUT2D eigenvalue weighted by Gasteiger charge is 2.13. The number of hydrogen-bond donors (Lipinski definition) is 1. The fourth-order valence-electron chi connectivity index (χ4n) is 1.24. The summed E-state index contributed by atoms with van der Waals surface area (Å²) in [6.45, 7) is 4.10. The molecule has 0 saturated carbocycles. The van der Waals surface area contributed by atoms with Crippen molar-refractivity contribution in [3.8, 4) is 0 Å². The summed E-state index contributed by atoms with van der Waals surface area (Å²) in [5.74, 6) is 1.38. The normalized spacial score (nSPS) is 12.5. The Balaban J connectivity index is 2.22. The van der Waals surface area contributed by atoms with E-state index in [1.807, 2.05) is 6.92 Å². The zero-order valence-corrected chi connectivity index (χ0v) is 12.0. The summed E-state index contributed by atoms with van der Waals surface area (Å²) in [6, 6.07) is -0.507. The van der Waals surface area contributed by atoms with Gasteiger partial charge in [-0.3, -0.25) is 4.79 Å². The Kier molecular flexibility index (Phi) is 5.94. The van der Waals surface area contributed by atoms with Crippen molar-refractivity contribution >= 4 is 29.1 Å². The van der Waals surface area contributed by atoms with Crippen LogP contribution in [0, 0.1) is 13.8 Å². The first-order chi connectivity index (χ1) is 8.04. The predicted molar refractivity (Wildman–Crippen MR) is 72.4 cm³/mol. The van der Waals surface area contributed by atoms with Crippen molar-refractivity contribution in [1.29, 1.82) is 0 Å². The van der Waals surface area contributed by atoms with Crippen molar-refractivity contribution in [2.75, 3.05) is 12.9 Å². The molecule has 2 N–H and O–H groups in total. The van der Waals surface area contributed by atoms with Crippen LogP contribution in [0.3, 0.4) is 0 Å². The summed E-state index contributed by atoms with van der Waals surface area (Å²) in [6.07, 6.45) is 0.640. The number of esters is 1. The van der Waals surface area contributed by atoms with Crippen LogP contribution in [0.2, 0.25) is 0 Å². The Morgan fingerprint density at radius 1 is 1.59 bits per heavy atom. The van der Waals surface area contributed by atoms with Gasteiger partial charge in [0, 0.05) is 10.6 Å². The van der Waals surface area contributed by atoms with Crippen molar-refractivity contribution in [2.45, 2.75) is 32.1 Å². The minimum Gasteiger partial charge on any atom is -0.468 e. The molecule has 1 heterocycles. The minimum absolute atomic E-state index is 0.341. The molecular formula is C11H18N2O2S2. The summed E-state index contributed by atoms with van der Waals surface area (Å²) in [5.41, 5.74) is 6.74. The van der Waals surface area contributed by atoms with Crippen LogP contribution in [-0.2, 0) is 15.3 Å². The van der Waals surface area contributed by atoms with E-state index < -0.39 is 6.04 Å². The van der Waals surface area contributed by atoms with E-state index in [0.29, 0.717) is 6.42 Å². The molecule has 0 radical (unpaired) electrons. The Labute approximate surface area is 110 Å². The van der Waals surface area contributed by atoms with Gasteiger partial charge >= 0.3 is 5.97 Å². The van der Waals surface area contributed by atoms with Gasteiger partial charge in [0.15, 0.2) is 0 Å². The molecule has 96 valence electrons. The van der Waals surface area contributed by atoms with Gasteiger partial charge in [-0.25, -0.2) is 4.98 Å². The molecule has 1 atom stereocenters. The molecule has 1 rings (SSSR count). The fraction of sp³-hybridized carbons (Fsp3) is 0.636. The molecule has 1 unspecified atom stereocenters. The van der Waals surface area contributed by atoms with Crippen LogP contribution in [0.1, 0.15) is 22.0 Å².